The number of hydrogen-bond acceptors (Lipinski definition) is 3. The SMILES string of the molecule is CC(=O)N1CCN(C2CCC2C(=O)O)CC1. The van der Waals surface area contributed by atoms with Gasteiger partial charge in [-0.15, -0.1) is 0 Å². The monoisotopic (exact) mass is 226 g/mol. The molecule has 1 amide bonds. The Bertz CT molecular complexity index is 298. The van der Waals surface area contributed by atoms with Gasteiger partial charge in [-0.2, -0.15) is 0 Å². The van der Waals surface area contributed by atoms with E-state index in [1.54, 1.807) is 6.92 Å². The first-order chi connectivity index (χ1) is 7.59. The van der Waals surface area contributed by atoms with Crippen molar-refractivity contribution in [3.05, 3.63) is 0 Å². The van der Waals surface area contributed by atoms with E-state index in [-0.39, 0.29) is 17.9 Å². The van der Waals surface area contributed by atoms with Crippen LogP contribution in [-0.4, -0.2) is 59.0 Å². The van der Waals surface area contributed by atoms with Crippen LogP contribution < -0.4 is 0 Å². The molecular weight excluding hydrogens is 208 g/mol. The molecule has 1 saturated carbocycles. The van der Waals surface area contributed by atoms with Gasteiger partial charge in [-0.05, 0) is 12.8 Å². The molecule has 1 heterocycles. The summed E-state index contributed by atoms with van der Waals surface area (Å²) in [6.45, 7) is 4.68. The van der Waals surface area contributed by atoms with Gasteiger partial charge in [-0.3, -0.25) is 14.5 Å². The van der Waals surface area contributed by atoms with Gasteiger partial charge in [-0.1, -0.05) is 0 Å². The number of carboxylic acids is 1. The van der Waals surface area contributed by atoms with E-state index >= 15 is 0 Å². The van der Waals surface area contributed by atoms with Crippen molar-refractivity contribution in [2.45, 2.75) is 25.8 Å². The van der Waals surface area contributed by atoms with E-state index in [2.05, 4.69) is 4.90 Å². The summed E-state index contributed by atoms with van der Waals surface area (Å²) in [5.41, 5.74) is 0. The summed E-state index contributed by atoms with van der Waals surface area (Å²) in [6.07, 6.45) is 1.78. The van der Waals surface area contributed by atoms with Crippen LogP contribution in [0.5, 0.6) is 0 Å². The molecule has 2 atom stereocenters. The number of hydrogen-bond donors (Lipinski definition) is 1. The third-order valence-corrected chi connectivity index (χ3v) is 3.78. The van der Waals surface area contributed by atoms with Crippen LogP contribution in [0, 0.1) is 5.92 Å². The van der Waals surface area contributed by atoms with Gasteiger partial charge in [0.2, 0.25) is 5.91 Å². The van der Waals surface area contributed by atoms with Crippen LogP contribution in [0.4, 0.5) is 0 Å². The van der Waals surface area contributed by atoms with Crippen LogP contribution in [0.1, 0.15) is 19.8 Å². The smallest absolute Gasteiger partial charge is 0.308 e. The zero-order valence-corrected chi connectivity index (χ0v) is 9.56. The molecule has 0 spiro atoms. The molecule has 2 unspecified atom stereocenters. The molecule has 2 fully saturated rings. The Morgan fingerprint density at radius 3 is 2.12 bits per heavy atom. The number of carbonyl (C=O) groups is 2. The van der Waals surface area contributed by atoms with Crippen molar-refractivity contribution in [2.24, 2.45) is 5.92 Å². The second-order valence-corrected chi connectivity index (χ2v) is 4.63. The number of carbonyl (C=O) groups excluding carboxylic acids is 1. The first-order valence-corrected chi connectivity index (χ1v) is 5.82. The largest absolute Gasteiger partial charge is 0.481 e. The molecule has 5 heteroatoms. The van der Waals surface area contributed by atoms with Crippen molar-refractivity contribution in [1.82, 2.24) is 9.80 Å². The van der Waals surface area contributed by atoms with Crippen LogP contribution in [-0.2, 0) is 9.59 Å². The fourth-order valence-electron chi connectivity index (χ4n) is 2.58. The molecule has 1 aliphatic carbocycles. The lowest BCUT2D eigenvalue weighted by Gasteiger charge is -2.45. The molecule has 5 nitrogen and oxygen atoms in total. The summed E-state index contributed by atoms with van der Waals surface area (Å²) in [6, 6.07) is 0.201. The van der Waals surface area contributed by atoms with E-state index in [4.69, 9.17) is 5.11 Å². The third kappa shape index (κ3) is 2.04. The Morgan fingerprint density at radius 1 is 1.12 bits per heavy atom. The van der Waals surface area contributed by atoms with Gasteiger partial charge in [0.25, 0.3) is 0 Å². The fraction of sp³-hybridized carbons (Fsp3) is 0.818. The minimum absolute atomic E-state index is 0.114. The summed E-state index contributed by atoms with van der Waals surface area (Å²) in [5.74, 6) is -0.753. The van der Waals surface area contributed by atoms with E-state index in [0.717, 1.165) is 39.0 Å². The first kappa shape index (κ1) is 11.4. The highest BCUT2D eigenvalue weighted by molar-refractivity contribution is 5.73. The quantitative estimate of drug-likeness (QED) is 0.720. The molecule has 90 valence electrons. The summed E-state index contributed by atoms with van der Waals surface area (Å²) in [7, 11) is 0. The van der Waals surface area contributed by atoms with Gasteiger partial charge in [-0.25, -0.2) is 0 Å². The predicted molar refractivity (Wildman–Crippen MR) is 58.0 cm³/mol. The Morgan fingerprint density at radius 2 is 1.75 bits per heavy atom. The van der Waals surface area contributed by atoms with Crippen molar-refractivity contribution in [1.29, 1.82) is 0 Å². The van der Waals surface area contributed by atoms with Crippen LogP contribution in [0.15, 0.2) is 0 Å². The van der Waals surface area contributed by atoms with Crippen molar-refractivity contribution in [3.63, 3.8) is 0 Å². The summed E-state index contributed by atoms with van der Waals surface area (Å²) in [4.78, 5) is 26.1. The minimum atomic E-state index is -0.676. The van der Waals surface area contributed by atoms with E-state index in [9.17, 15) is 9.59 Å². The maximum atomic E-state index is 11.1. The summed E-state index contributed by atoms with van der Waals surface area (Å²) >= 11 is 0. The molecule has 0 aromatic carbocycles. The lowest BCUT2D eigenvalue weighted by atomic mass is 9.78. The number of amides is 1. The highest BCUT2D eigenvalue weighted by atomic mass is 16.4. The van der Waals surface area contributed by atoms with Gasteiger partial charge in [0.1, 0.15) is 0 Å². The normalized spacial score (nSPS) is 30.9. The zero-order chi connectivity index (χ0) is 11.7. The standard InChI is InChI=1S/C11H18N2O3/c1-8(14)12-4-6-13(7-5-12)10-3-2-9(10)11(15)16/h9-10H,2-7H2,1H3,(H,15,16). The number of rotatable bonds is 2. The van der Waals surface area contributed by atoms with E-state index < -0.39 is 5.97 Å². The number of carboxylic acid groups (broad SMARTS) is 1. The first-order valence-electron chi connectivity index (χ1n) is 5.82. The predicted octanol–water partition coefficient (Wildman–Crippen LogP) is 0.0137. The molecule has 0 radical (unpaired) electrons. The molecule has 0 aromatic heterocycles. The maximum Gasteiger partial charge on any atom is 0.308 e. The van der Waals surface area contributed by atoms with Gasteiger partial charge < -0.3 is 10.0 Å². The number of piperazine rings is 1. The molecule has 1 saturated heterocycles. The van der Waals surface area contributed by atoms with Crippen LogP contribution >= 0.6 is 0 Å². The van der Waals surface area contributed by atoms with Crippen LogP contribution in [0.25, 0.3) is 0 Å². The summed E-state index contributed by atoms with van der Waals surface area (Å²) in [5, 5.41) is 8.98. The maximum absolute atomic E-state index is 11.1. The average Bonchev–Trinajstić information content (AvgIpc) is 2.15. The van der Waals surface area contributed by atoms with Crippen LogP contribution in [0.3, 0.4) is 0 Å². The summed E-state index contributed by atoms with van der Waals surface area (Å²) < 4.78 is 0. The lowest BCUT2D eigenvalue weighted by molar-refractivity contribution is -0.150. The Labute approximate surface area is 95.0 Å². The molecule has 2 aliphatic rings. The van der Waals surface area contributed by atoms with Crippen molar-refractivity contribution in [2.75, 3.05) is 26.2 Å². The third-order valence-electron chi connectivity index (χ3n) is 3.78. The van der Waals surface area contributed by atoms with Gasteiger partial charge in [0.05, 0.1) is 5.92 Å². The molecule has 2 rings (SSSR count). The van der Waals surface area contributed by atoms with Crippen molar-refractivity contribution < 1.29 is 14.7 Å². The van der Waals surface area contributed by atoms with Crippen molar-refractivity contribution >= 4 is 11.9 Å². The number of nitrogens with zero attached hydrogens (tertiary/aromatic N) is 2. The molecule has 0 aromatic rings. The minimum Gasteiger partial charge on any atom is -0.481 e. The molecule has 0 bridgehead atoms. The van der Waals surface area contributed by atoms with Gasteiger partial charge in [0, 0.05) is 39.1 Å². The lowest BCUT2D eigenvalue weighted by Crippen LogP contribution is -2.57. The molecule has 1 aliphatic heterocycles. The Balaban J connectivity index is 1.85. The van der Waals surface area contributed by atoms with Crippen molar-refractivity contribution in [3.8, 4) is 0 Å². The highest BCUT2D eigenvalue weighted by Gasteiger charge is 2.41. The average molecular weight is 226 g/mol. The van der Waals surface area contributed by atoms with E-state index in [0.29, 0.717) is 0 Å². The van der Waals surface area contributed by atoms with E-state index in [1.165, 1.54) is 0 Å². The van der Waals surface area contributed by atoms with Gasteiger partial charge >= 0.3 is 5.97 Å². The zero-order valence-electron chi connectivity index (χ0n) is 9.56. The topological polar surface area (TPSA) is 60.9 Å². The second-order valence-electron chi connectivity index (χ2n) is 4.63. The Hall–Kier alpha value is -1.10. The fourth-order valence-corrected chi connectivity index (χ4v) is 2.58. The molecular formula is C11H18N2O3. The van der Waals surface area contributed by atoms with E-state index in [1.807, 2.05) is 4.90 Å². The highest BCUT2D eigenvalue weighted by Crippen LogP contribution is 2.32. The number of aliphatic carboxylic acids is 1. The van der Waals surface area contributed by atoms with Gasteiger partial charge in [0.15, 0.2) is 0 Å². The Kier molecular flexibility index (Phi) is 3.14. The molecule has 1 N–H and O–H groups in total. The second kappa shape index (κ2) is 4.41. The van der Waals surface area contributed by atoms with Crippen LogP contribution in [0.2, 0.25) is 0 Å². The molecule has 16 heavy (non-hydrogen) atoms.